The maximum atomic E-state index is 11.6. The number of rotatable bonds is 2. The molecule has 0 aromatic heterocycles. The summed E-state index contributed by atoms with van der Waals surface area (Å²) in [5.74, 6) is -2.79. The molecule has 0 bridgehead atoms. The van der Waals surface area contributed by atoms with Crippen LogP contribution in [-0.2, 0) is 19.4 Å². The van der Waals surface area contributed by atoms with Gasteiger partial charge in [0, 0.05) is 6.04 Å². The molecule has 2 N–H and O–H groups in total. The van der Waals surface area contributed by atoms with Crippen LogP contribution in [0, 0.1) is 5.92 Å². The molecule has 1 heterocycles. The Balaban J connectivity index is 2.68. The molecular formula is C11H19NO6S. The topological polar surface area (TPSA) is 110 Å². The lowest BCUT2D eigenvalue weighted by Gasteiger charge is -2.28. The smallest absolute Gasteiger partial charge is 0.407 e. The van der Waals surface area contributed by atoms with Gasteiger partial charge in [0.15, 0.2) is 9.84 Å². The summed E-state index contributed by atoms with van der Waals surface area (Å²) in [6, 6.07) is -0.727. The number of carbonyl (C=O) groups excluding carboxylic acids is 1. The molecule has 0 unspecified atom stereocenters. The second-order valence-corrected chi connectivity index (χ2v) is 7.84. The van der Waals surface area contributed by atoms with Crippen LogP contribution in [0.5, 0.6) is 0 Å². The second kappa shape index (κ2) is 5.36. The number of alkyl carbamates (subject to hydrolysis) is 1. The number of aliphatic carboxylic acids is 1. The SMILES string of the molecule is CC(C)(C)OC(=O)N[C@@H]1C[C@H](C(=O)O)CS(=O)(=O)C1. The number of hydrogen-bond donors (Lipinski definition) is 2. The summed E-state index contributed by atoms with van der Waals surface area (Å²) < 4.78 is 28.2. The van der Waals surface area contributed by atoms with E-state index in [9.17, 15) is 18.0 Å². The third-order valence-corrected chi connectivity index (χ3v) is 4.37. The predicted molar refractivity (Wildman–Crippen MR) is 67.6 cm³/mol. The van der Waals surface area contributed by atoms with Crippen LogP contribution in [-0.4, -0.2) is 48.7 Å². The Kier molecular flexibility index (Phi) is 4.44. The molecule has 1 fully saturated rings. The lowest BCUT2D eigenvalue weighted by molar-refractivity contribution is -0.141. The van der Waals surface area contributed by atoms with E-state index in [1.807, 2.05) is 0 Å². The van der Waals surface area contributed by atoms with E-state index in [1.165, 1.54) is 0 Å². The number of carboxylic acids is 1. The molecule has 110 valence electrons. The molecule has 7 nitrogen and oxygen atoms in total. The van der Waals surface area contributed by atoms with Gasteiger partial charge < -0.3 is 15.2 Å². The molecule has 2 atom stereocenters. The van der Waals surface area contributed by atoms with E-state index in [1.54, 1.807) is 20.8 Å². The van der Waals surface area contributed by atoms with Crippen molar-refractivity contribution in [3.8, 4) is 0 Å². The molecule has 0 spiro atoms. The van der Waals surface area contributed by atoms with Gasteiger partial charge >= 0.3 is 12.1 Å². The van der Waals surface area contributed by atoms with Crippen LogP contribution in [0.3, 0.4) is 0 Å². The molecule has 19 heavy (non-hydrogen) atoms. The highest BCUT2D eigenvalue weighted by molar-refractivity contribution is 7.91. The fourth-order valence-electron chi connectivity index (χ4n) is 1.91. The zero-order chi connectivity index (χ0) is 14.8. The quantitative estimate of drug-likeness (QED) is 0.762. The first kappa shape index (κ1) is 15.7. The summed E-state index contributed by atoms with van der Waals surface area (Å²) in [5.41, 5.74) is -0.691. The predicted octanol–water partition coefficient (Wildman–Crippen LogP) is 0.399. The Morgan fingerprint density at radius 2 is 1.84 bits per heavy atom. The first-order chi connectivity index (χ1) is 8.48. The van der Waals surface area contributed by atoms with Crippen molar-refractivity contribution in [1.82, 2.24) is 5.32 Å². The number of sulfone groups is 1. The van der Waals surface area contributed by atoms with E-state index >= 15 is 0 Å². The number of carboxylic acid groups (broad SMARTS) is 1. The minimum absolute atomic E-state index is 0.0911. The van der Waals surface area contributed by atoms with Gasteiger partial charge in [-0.1, -0.05) is 0 Å². The van der Waals surface area contributed by atoms with Crippen LogP contribution in [0.2, 0.25) is 0 Å². The number of nitrogens with one attached hydrogen (secondary N) is 1. The third-order valence-electron chi connectivity index (χ3n) is 2.55. The van der Waals surface area contributed by atoms with E-state index in [2.05, 4.69) is 5.32 Å². The molecule has 1 amide bonds. The van der Waals surface area contributed by atoms with Crippen LogP contribution in [0.1, 0.15) is 27.2 Å². The van der Waals surface area contributed by atoms with Gasteiger partial charge in [0.1, 0.15) is 5.60 Å². The molecule has 1 saturated heterocycles. The molecule has 0 aliphatic carbocycles. The Morgan fingerprint density at radius 1 is 1.26 bits per heavy atom. The van der Waals surface area contributed by atoms with Crippen molar-refractivity contribution in [2.45, 2.75) is 38.8 Å². The Morgan fingerprint density at radius 3 is 2.32 bits per heavy atom. The highest BCUT2D eigenvalue weighted by atomic mass is 32.2. The van der Waals surface area contributed by atoms with Crippen LogP contribution in [0.25, 0.3) is 0 Å². The van der Waals surface area contributed by atoms with Gasteiger partial charge in [-0.2, -0.15) is 0 Å². The number of ether oxygens (including phenoxy) is 1. The highest BCUT2D eigenvalue weighted by Gasteiger charge is 2.36. The third kappa shape index (κ3) is 5.46. The van der Waals surface area contributed by atoms with Crippen molar-refractivity contribution in [2.24, 2.45) is 5.92 Å². The van der Waals surface area contributed by atoms with Crippen molar-refractivity contribution in [3.63, 3.8) is 0 Å². The molecule has 0 radical (unpaired) electrons. The standard InChI is InChI=1S/C11H19NO6S/c1-11(2,3)18-10(15)12-8-4-7(9(13)14)5-19(16,17)6-8/h7-8H,4-6H2,1-3H3,(H,12,15)(H,13,14)/t7-,8+/m0/s1. The van der Waals surface area contributed by atoms with Crippen LogP contribution >= 0.6 is 0 Å². The Hall–Kier alpha value is -1.31. The van der Waals surface area contributed by atoms with Crippen LogP contribution in [0.4, 0.5) is 4.79 Å². The minimum atomic E-state index is -3.47. The Bertz CT molecular complexity index is 464. The molecule has 8 heteroatoms. The van der Waals surface area contributed by atoms with E-state index in [0.717, 1.165) is 0 Å². The van der Waals surface area contributed by atoms with Crippen LogP contribution < -0.4 is 5.32 Å². The van der Waals surface area contributed by atoms with E-state index < -0.39 is 39.5 Å². The number of carbonyl (C=O) groups is 2. The van der Waals surface area contributed by atoms with Crippen molar-refractivity contribution >= 4 is 21.9 Å². The first-order valence-corrected chi connectivity index (χ1v) is 7.73. The van der Waals surface area contributed by atoms with Crippen molar-refractivity contribution in [2.75, 3.05) is 11.5 Å². The lowest BCUT2D eigenvalue weighted by atomic mass is 10.0. The largest absolute Gasteiger partial charge is 0.481 e. The summed E-state index contributed by atoms with van der Waals surface area (Å²) in [4.78, 5) is 22.4. The van der Waals surface area contributed by atoms with E-state index in [0.29, 0.717) is 0 Å². The molecule has 0 aromatic rings. The summed E-state index contributed by atoms with van der Waals surface area (Å²) >= 11 is 0. The molecular weight excluding hydrogens is 274 g/mol. The van der Waals surface area contributed by atoms with Gasteiger partial charge in [0.2, 0.25) is 0 Å². The highest BCUT2D eigenvalue weighted by Crippen LogP contribution is 2.19. The van der Waals surface area contributed by atoms with Crippen molar-refractivity contribution in [3.05, 3.63) is 0 Å². The maximum absolute atomic E-state index is 11.6. The summed E-state index contributed by atoms with van der Waals surface area (Å²) in [6.45, 7) is 5.05. The first-order valence-electron chi connectivity index (χ1n) is 5.91. The van der Waals surface area contributed by atoms with Gasteiger partial charge in [-0.05, 0) is 27.2 Å². The molecule has 1 rings (SSSR count). The maximum Gasteiger partial charge on any atom is 0.407 e. The average Bonchev–Trinajstić information content (AvgIpc) is 2.10. The van der Waals surface area contributed by atoms with E-state index in [4.69, 9.17) is 9.84 Å². The molecule has 1 aliphatic heterocycles. The molecule has 0 saturated carbocycles. The molecule has 1 aliphatic rings. The number of hydrogen-bond acceptors (Lipinski definition) is 5. The van der Waals surface area contributed by atoms with Gasteiger partial charge in [0.25, 0.3) is 0 Å². The monoisotopic (exact) mass is 293 g/mol. The summed E-state index contributed by atoms with van der Waals surface area (Å²) in [7, 11) is -3.47. The summed E-state index contributed by atoms with van der Waals surface area (Å²) in [5, 5.41) is 11.3. The minimum Gasteiger partial charge on any atom is -0.481 e. The normalized spacial score (nSPS) is 26.5. The Labute approximate surface area is 112 Å². The zero-order valence-electron chi connectivity index (χ0n) is 11.2. The van der Waals surface area contributed by atoms with Gasteiger partial charge in [-0.25, -0.2) is 13.2 Å². The zero-order valence-corrected chi connectivity index (χ0v) is 12.0. The van der Waals surface area contributed by atoms with E-state index in [-0.39, 0.29) is 17.9 Å². The molecule has 0 aromatic carbocycles. The van der Waals surface area contributed by atoms with Crippen molar-refractivity contribution in [1.29, 1.82) is 0 Å². The second-order valence-electron chi connectivity index (χ2n) is 5.69. The van der Waals surface area contributed by atoms with Gasteiger partial charge in [-0.3, -0.25) is 4.79 Å². The van der Waals surface area contributed by atoms with Gasteiger partial charge in [0.05, 0.1) is 17.4 Å². The van der Waals surface area contributed by atoms with Gasteiger partial charge in [-0.15, -0.1) is 0 Å². The van der Waals surface area contributed by atoms with Crippen LogP contribution in [0.15, 0.2) is 0 Å². The number of amides is 1. The van der Waals surface area contributed by atoms with Crippen molar-refractivity contribution < 1.29 is 27.9 Å². The average molecular weight is 293 g/mol. The lowest BCUT2D eigenvalue weighted by Crippen LogP contribution is -2.49. The fourth-order valence-corrected chi connectivity index (χ4v) is 3.77. The fraction of sp³-hybridized carbons (Fsp3) is 0.818. The summed E-state index contributed by atoms with van der Waals surface area (Å²) in [6.07, 6.45) is -0.646.